The van der Waals surface area contributed by atoms with E-state index in [-0.39, 0.29) is 12.3 Å². The van der Waals surface area contributed by atoms with Gasteiger partial charge in [0.25, 0.3) is 0 Å². The molecule has 0 amide bonds. The fourth-order valence-electron chi connectivity index (χ4n) is 0.782. The molecular formula is C9H9N3O. The summed E-state index contributed by atoms with van der Waals surface area (Å²) in [7, 11) is 0. The lowest BCUT2D eigenvalue weighted by atomic mass is 10.3. The molecule has 0 atom stereocenters. The topological polar surface area (TPSA) is 54.9 Å². The highest BCUT2D eigenvalue weighted by Gasteiger charge is 2.04. The van der Waals surface area contributed by atoms with E-state index in [0.717, 1.165) is 0 Å². The molecule has 13 heavy (non-hydrogen) atoms. The maximum atomic E-state index is 11.3. The van der Waals surface area contributed by atoms with Crippen molar-refractivity contribution < 1.29 is 4.79 Å². The number of carbonyl (C=O) groups is 1. The molecule has 1 N–H and O–H groups in total. The Morgan fingerprint density at radius 2 is 2.46 bits per heavy atom. The molecule has 1 heterocycles. The number of nitrogens with zero attached hydrogens (tertiary/aromatic N) is 2. The number of Topliss-reactive ketones (excluding diaryl/α,β-unsaturated/α-hetero) is 1. The second-order valence-corrected chi connectivity index (χ2v) is 2.32. The number of rotatable bonds is 4. The third-order valence-corrected chi connectivity index (χ3v) is 1.36. The van der Waals surface area contributed by atoms with Crippen molar-refractivity contribution in [1.82, 2.24) is 15.3 Å². The Bertz CT molecular complexity index is 315. The van der Waals surface area contributed by atoms with Gasteiger partial charge in [-0.1, -0.05) is 5.92 Å². The van der Waals surface area contributed by atoms with Crippen LogP contribution >= 0.6 is 0 Å². The van der Waals surface area contributed by atoms with E-state index < -0.39 is 0 Å². The van der Waals surface area contributed by atoms with Crippen LogP contribution in [0, 0.1) is 12.3 Å². The second-order valence-electron chi connectivity index (χ2n) is 2.32. The minimum atomic E-state index is -0.108. The van der Waals surface area contributed by atoms with E-state index in [1.54, 1.807) is 0 Å². The van der Waals surface area contributed by atoms with Crippen LogP contribution in [-0.4, -0.2) is 28.8 Å². The third kappa shape index (κ3) is 3.01. The molecule has 0 saturated carbocycles. The lowest BCUT2D eigenvalue weighted by Crippen LogP contribution is -2.23. The highest BCUT2D eigenvalue weighted by atomic mass is 16.1. The molecular weight excluding hydrogens is 166 g/mol. The van der Waals surface area contributed by atoms with Crippen LogP contribution in [0.15, 0.2) is 18.6 Å². The molecule has 0 aromatic carbocycles. The molecule has 0 bridgehead atoms. The molecule has 0 aliphatic heterocycles. The van der Waals surface area contributed by atoms with Crippen molar-refractivity contribution in [3.8, 4) is 12.3 Å². The van der Waals surface area contributed by atoms with Crippen molar-refractivity contribution in [2.24, 2.45) is 0 Å². The summed E-state index contributed by atoms with van der Waals surface area (Å²) in [4.78, 5) is 18.9. The minimum Gasteiger partial charge on any atom is -0.299 e. The monoisotopic (exact) mass is 175 g/mol. The standard InChI is InChI=1S/C9H9N3O/c1-2-3-10-7-9(13)8-6-11-4-5-12-8/h1,4-6,10H,3,7H2. The summed E-state index contributed by atoms with van der Waals surface area (Å²) in [5, 5.41) is 2.78. The van der Waals surface area contributed by atoms with Crippen LogP contribution in [0.3, 0.4) is 0 Å². The fraction of sp³-hybridized carbons (Fsp3) is 0.222. The SMILES string of the molecule is C#CCNCC(=O)c1cnccn1. The van der Waals surface area contributed by atoms with E-state index in [2.05, 4.69) is 21.2 Å². The molecule has 0 spiro atoms. The normalized spacial score (nSPS) is 9.15. The number of carbonyl (C=O) groups excluding carboxylic acids is 1. The van der Waals surface area contributed by atoms with Crippen LogP contribution in [0.4, 0.5) is 0 Å². The number of terminal acetylenes is 1. The van der Waals surface area contributed by atoms with Gasteiger partial charge in [-0.25, -0.2) is 4.98 Å². The molecule has 0 unspecified atom stereocenters. The van der Waals surface area contributed by atoms with E-state index >= 15 is 0 Å². The zero-order chi connectivity index (χ0) is 9.52. The molecule has 0 aliphatic rings. The van der Waals surface area contributed by atoms with Gasteiger partial charge in [0.05, 0.1) is 19.3 Å². The Labute approximate surface area is 76.4 Å². The third-order valence-electron chi connectivity index (χ3n) is 1.36. The Balaban J connectivity index is 2.46. The lowest BCUT2D eigenvalue weighted by Gasteiger charge is -1.98. The van der Waals surface area contributed by atoms with Gasteiger partial charge in [0, 0.05) is 12.4 Å². The molecule has 66 valence electrons. The van der Waals surface area contributed by atoms with E-state index in [0.29, 0.717) is 12.2 Å². The van der Waals surface area contributed by atoms with Gasteiger partial charge in [0.1, 0.15) is 5.69 Å². The van der Waals surface area contributed by atoms with Crippen molar-refractivity contribution >= 4 is 5.78 Å². The van der Waals surface area contributed by atoms with E-state index in [9.17, 15) is 4.79 Å². The lowest BCUT2D eigenvalue weighted by molar-refractivity contribution is 0.0987. The van der Waals surface area contributed by atoms with E-state index in [1.807, 2.05) is 0 Å². The summed E-state index contributed by atoms with van der Waals surface area (Å²) in [6.45, 7) is 0.578. The first-order valence-corrected chi connectivity index (χ1v) is 3.78. The average Bonchev–Trinajstić information content (AvgIpc) is 2.19. The summed E-state index contributed by atoms with van der Waals surface area (Å²) < 4.78 is 0. The van der Waals surface area contributed by atoms with Gasteiger partial charge in [-0.3, -0.25) is 15.1 Å². The number of hydrogen-bond donors (Lipinski definition) is 1. The van der Waals surface area contributed by atoms with Gasteiger partial charge < -0.3 is 0 Å². The van der Waals surface area contributed by atoms with Gasteiger partial charge in [-0.2, -0.15) is 0 Å². The molecule has 0 aliphatic carbocycles. The fourth-order valence-corrected chi connectivity index (χ4v) is 0.782. The van der Waals surface area contributed by atoms with Crippen molar-refractivity contribution in [1.29, 1.82) is 0 Å². The van der Waals surface area contributed by atoms with Crippen LogP contribution < -0.4 is 5.32 Å². The van der Waals surface area contributed by atoms with E-state index in [4.69, 9.17) is 6.42 Å². The van der Waals surface area contributed by atoms with Gasteiger partial charge in [-0.15, -0.1) is 6.42 Å². The Morgan fingerprint density at radius 1 is 1.62 bits per heavy atom. The van der Waals surface area contributed by atoms with Crippen LogP contribution in [-0.2, 0) is 0 Å². The van der Waals surface area contributed by atoms with Crippen molar-refractivity contribution in [3.63, 3.8) is 0 Å². The van der Waals surface area contributed by atoms with Gasteiger partial charge in [0.15, 0.2) is 5.78 Å². The van der Waals surface area contributed by atoms with Crippen molar-refractivity contribution in [3.05, 3.63) is 24.3 Å². The number of aromatic nitrogens is 2. The smallest absolute Gasteiger partial charge is 0.196 e. The Hall–Kier alpha value is -1.73. The zero-order valence-corrected chi connectivity index (χ0v) is 7.03. The average molecular weight is 175 g/mol. The zero-order valence-electron chi connectivity index (χ0n) is 7.03. The Morgan fingerprint density at radius 3 is 3.08 bits per heavy atom. The molecule has 0 radical (unpaired) electrons. The molecule has 1 rings (SSSR count). The summed E-state index contributed by atoms with van der Waals surface area (Å²) >= 11 is 0. The first-order valence-electron chi connectivity index (χ1n) is 3.78. The maximum absolute atomic E-state index is 11.3. The van der Waals surface area contributed by atoms with Crippen LogP contribution in [0.2, 0.25) is 0 Å². The predicted octanol–water partition coefficient (Wildman–Crippen LogP) is -0.118. The largest absolute Gasteiger partial charge is 0.299 e. The minimum absolute atomic E-state index is 0.108. The summed E-state index contributed by atoms with van der Waals surface area (Å²) in [6, 6.07) is 0. The summed E-state index contributed by atoms with van der Waals surface area (Å²) in [5.41, 5.74) is 0.354. The number of nitrogens with one attached hydrogen (secondary N) is 1. The second kappa shape index (κ2) is 5.01. The molecule has 4 heteroatoms. The van der Waals surface area contributed by atoms with Crippen LogP contribution in [0.1, 0.15) is 10.5 Å². The highest BCUT2D eigenvalue weighted by molar-refractivity contribution is 5.95. The van der Waals surface area contributed by atoms with E-state index in [1.165, 1.54) is 18.6 Å². The first kappa shape index (κ1) is 9.36. The number of ketones is 1. The summed E-state index contributed by atoms with van der Waals surface area (Å²) in [6.07, 6.45) is 9.43. The van der Waals surface area contributed by atoms with Gasteiger partial charge in [0.2, 0.25) is 0 Å². The molecule has 1 aromatic heterocycles. The Kier molecular flexibility index (Phi) is 3.61. The molecule has 4 nitrogen and oxygen atoms in total. The predicted molar refractivity (Wildman–Crippen MR) is 48.1 cm³/mol. The van der Waals surface area contributed by atoms with Crippen LogP contribution in [0.25, 0.3) is 0 Å². The first-order chi connectivity index (χ1) is 6.34. The van der Waals surface area contributed by atoms with Gasteiger partial charge >= 0.3 is 0 Å². The van der Waals surface area contributed by atoms with Gasteiger partial charge in [-0.05, 0) is 0 Å². The highest BCUT2D eigenvalue weighted by Crippen LogP contribution is 1.90. The maximum Gasteiger partial charge on any atom is 0.196 e. The molecule has 0 saturated heterocycles. The quantitative estimate of drug-likeness (QED) is 0.394. The van der Waals surface area contributed by atoms with Crippen molar-refractivity contribution in [2.75, 3.05) is 13.1 Å². The van der Waals surface area contributed by atoms with Crippen molar-refractivity contribution in [2.45, 2.75) is 0 Å². The number of hydrogen-bond acceptors (Lipinski definition) is 4. The van der Waals surface area contributed by atoms with Crippen LogP contribution in [0.5, 0.6) is 0 Å². The molecule has 0 fully saturated rings. The molecule has 1 aromatic rings. The summed E-state index contributed by atoms with van der Waals surface area (Å²) in [5.74, 6) is 2.27.